The third-order valence-electron chi connectivity index (χ3n) is 5.29. The van der Waals surface area contributed by atoms with Gasteiger partial charge in [-0.15, -0.1) is 0 Å². The first-order chi connectivity index (χ1) is 14.2. The average Bonchev–Trinajstić information content (AvgIpc) is 2.77. The number of carbonyl (C=O) groups excluding carboxylic acids is 2. The summed E-state index contributed by atoms with van der Waals surface area (Å²) in [5, 5.41) is 5.73. The first-order valence-electron chi connectivity index (χ1n) is 10.5. The molecule has 2 aromatic carbocycles. The highest BCUT2D eigenvalue weighted by Gasteiger charge is 2.20. The molecule has 0 atom stereocenters. The lowest BCUT2D eigenvalue weighted by molar-refractivity contribution is -0.126. The summed E-state index contributed by atoms with van der Waals surface area (Å²) in [6, 6.07) is 17.9. The van der Waals surface area contributed by atoms with Crippen molar-refractivity contribution in [3.8, 4) is 5.75 Å². The number of ether oxygens (including phenoxy) is 1. The van der Waals surface area contributed by atoms with Crippen molar-refractivity contribution < 1.29 is 14.3 Å². The Kier molecular flexibility index (Phi) is 8.11. The van der Waals surface area contributed by atoms with Gasteiger partial charge in [-0.2, -0.15) is 0 Å². The molecular formula is C24H30N2O3. The van der Waals surface area contributed by atoms with E-state index >= 15 is 0 Å². The normalized spacial score (nSPS) is 14.2. The molecule has 1 saturated carbocycles. The molecule has 29 heavy (non-hydrogen) atoms. The summed E-state index contributed by atoms with van der Waals surface area (Å²) >= 11 is 0. The lowest BCUT2D eigenvalue weighted by Crippen LogP contribution is -2.39. The maximum absolute atomic E-state index is 12.1. The molecule has 1 aliphatic carbocycles. The summed E-state index contributed by atoms with van der Waals surface area (Å²) in [5.41, 5.74) is 2.24. The minimum atomic E-state index is -0.188. The molecule has 0 aromatic heterocycles. The van der Waals surface area contributed by atoms with Gasteiger partial charge in [0.25, 0.3) is 5.91 Å². The Labute approximate surface area is 172 Å². The van der Waals surface area contributed by atoms with Crippen LogP contribution in [0.5, 0.6) is 5.75 Å². The second kappa shape index (κ2) is 11.2. The second-order valence-corrected chi connectivity index (χ2v) is 7.53. The summed E-state index contributed by atoms with van der Waals surface area (Å²) in [7, 11) is 0. The quantitative estimate of drug-likeness (QED) is 0.640. The predicted octanol–water partition coefficient (Wildman–Crippen LogP) is 3.47. The van der Waals surface area contributed by atoms with Crippen molar-refractivity contribution in [3.63, 3.8) is 0 Å². The van der Waals surface area contributed by atoms with Crippen LogP contribution >= 0.6 is 0 Å². The Hall–Kier alpha value is -2.82. The van der Waals surface area contributed by atoms with Gasteiger partial charge in [0.1, 0.15) is 5.75 Å². The van der Waals surface area contributed by atoms with Crippen molar-refractivity contribution in [2.75, 3.05) is 19.7 Å². The van der Waals surface area contributed by atoms with Crippen LogP contribution in [0.25, 0.3) is 0 Å². The van der Waals surface area contributed by atoms with E-state index in [0.29, 0.717) is 13.1 Å². The van der Waals surface area contributed by atoms with Crippen LogP contribution in [0, 0.1) is 5.92 Å². The van der Waals surface area contributed by atoms with Gasteiger partial charge in [0.05, 0.1) is 0 Å². The van der Waals surface area contributed by atoms with Gasteiger partial charge >= 0.3 is 0 Å². The van der Waals surface area contributed by atoms with E-state index < -0.39 is 0 Å². The van der Waals surface area contributed by atoms with Gasteiger partial charge in [-0.3, -0.25) is 9.59 Å². The van der Waals surface area contributed by atoms with Crippen LogP contribution in [-0.2, 0) is 16.0 Å². The zero-order valence-corrected chi connectivity index (χ0v) is 16.9. The van der Waals surface area contributed by atoms with Crippen LogP contribution in [0.2, 0.25) is 0 Å². The summed E-state index contributed by atoms with van der Waals surface area (Å²) < 4.78 is 5.75. The molecule has 0 aliphatic heterocycles. The number of hydrogen-bond donors (Lipinski definition) is 2. The first kappa shape index (κ1) is 20.9. The number of carbonyl (C=O) groups is 2. The van der Waals surface area contributed by atoms with Crippen molar-refractivity contribution in [1.29, 1.82) is 0 Å². The van der Waals surface area contributed by atoms with Crippen molar-refractivity contribution in [3.05, 3.63) is 65.7 Å². The number of rotatable bonds is 9. The summed E-state index contributed by atoms with van der Waals surface area (Å²) in [6.07, 6.45) is 6.22. The first-order valence-corrected chi connectivity index (χ1v) is 10.5. The average molecular weight is 395 g/mol. The lowest BCUT2D eigenvalue weighted by atomic mass is 9.89. The summed E-state index contributed by atoms with van der Waals surface area (Å²) in [6.45, 7) is 0.820. The van der Waals surface area contributed by atoms with Crippen molar-refractivity contribution in [1.82, 2.24) is 10.6 Å². The number of benzene rings is 2. The fourth-order valence-corrected chi connectivity index (χ4v) is 3.70. The van der Waals surface area contributed by atoms with E-state index in [1.165, 1.54) is 12.0 Å². The fraction of sp³-hybridized carbons (Fsp3) is 0.417. The second-order valence-electron chi connectivity index (χ2n) is 7.53. The van der Waals surface area contributed by atoms with Gasteiger partial charge in [0.2, 0.25) is 5.91 Å². The Bertz CT molecular complexity index is 786. The van der Waals surface area contributed by atoms with E-state index in [-0.39, 0.29) is 24.3 Å². The van der Waals surface area contributed by atoms with E-state index in [9.17, 15) is 9.59 Å². The molecule has 5 nitrogen and oxygen atoms in total. The third kappa shape index (κ3) is 6.93. The smallest absolute Gasteiger partial charge is 0.258 e. The minimum Gasteiger partial charge on any atom is -0.483 e. The summed E-state index contributed by atoms with van der Waals surface area (Å²) in [5.74, 6) is 0.789. The van der Waals surface area contributed by atoms with E-state index in [1.807, 2.05) is 42.5 Å². The third-order valence-corrected chi connectivity index (χ3v) is 5.29. The van der Waals surface area contributed by atoms with Crippen molar-refractivity contribution in [2.45, 2.75) is 38.5 Å². The van der Waals surface area contributed by atoms with Crippen molar-refractivity contribution in [2.24, 2.45) is 5.92 Å². The Morgan fingerprint density at radius 2 is 1.55 bits per heavy atom. The molecule has 5 heteroatoms. The fourth-order valence-electron chi connectivity index (χ4n) is 3.70. The van der Waals surface area contributed by atoms with Crippen LogP contribution in [0.1, 0.15) is 43.2 Å². The topological polar surface area (TPSA) is 67.4 Å². The van der Waals surface area contributed by atoms with E-state index in [4.69, 9.17) is 4.74 Å². The van der Waals surface area contributed by atoms with Gasteiger partial charge in [0.15, 0.2) is 6.61 Å². The Morgan fingerprint density at radius 1 is 0.862 bits per heavy atom. The largest absolute Gasteiger partial charge is 0.483 e. The zero-order chi connectivity index (χ0) is 20.3. The molecule has 2 aromatic rings. The standard InChI is InChI=1S/C24H30N2O3/c27-23(25-15-16-26-24(28)20-11-5-2-6-12-20)18-29-22-14-8-7-13-21(22)17-19-9-3-1-4-10-19/h1,3-4,7-10,13-14,20H,2,5-6,11-12,15-18H2,(H,25,27)(H,26,28). The highest BCUT2D eigenvalue weighted by Crippen LogP contribution is 2.23. The minimum absolute atomic E-state index is 0.0393. The highest BCUT2D eigenvalue weighted by atomic mass is 16.5. The molecule has 0 unspecified atom stereocenters. The lowest BCUT2D eigenvalue weighted by Gasteiger charge is -2.20. The Morgan fingerprint density at radius 3 is 2.34 bits per heavy atom. The van der Waals surface area contributed by atoms with Gasteiger partial charge in [0, 0.05) is 25.4 Å². The predicted molar refractivity (Wildman–Crippen MR) is 114 cm³/mol. The van der Waals surface area contributed by atoms with Crippen LogP contribution < -0.4 is 15.4 Å². The van der Waals surface area contributed by atoms with Gasteiger partial charge in [-0.25, -0.2) is 0 Å². The van der Waals surface area contributed by atoms with E-state index in [0.717, 1.165) is 43.4 Å². The maximum atomic E-state index is 12.1. The van der Waals surface area contributed by atoms with Crippen molar-refractivity contribution >= 4 is 11.8 Å². The molecular weight excluding hydrogens is 364 g/mol. The van der Waals surface area contributed by atoms with Crippen LogP contribution in [0.15, 0.2) is 54.6 Å². The van der Waals surface area contributed by atoms with Crippen LogP contribution in [0.4, 0.5) is 0 Å². The SMILES string of the molecule is O=C(COc1ccccc1Cc1ccccc1)NCCNC(=O)C1CCCCC1. The zero-order valence-electron chi connectivity index (χ0n) is 16.9. The monoisotopic (exact) mass is 394 g/mol. The van der Waals surface area contributed by atoms with Gasteiger partial charge in [-0.05, 0) is 30.0 Å². The molecule has 154 valence electrons. The molecule has 0 saturated heterocycles. The van der Waals surface area contributed by atoms with E-state index in [2.05, 4.69) is 22.8 Å². The molecule has 1 aliphatic rings. The number of para-hydroxylation sites is 1. The Balaban J connectivity index is 1.38. The molecule has 0 radical (unpaired) electrons. The molecule has 2 amide bonds. The molecule has 0 bridgehead atoms. The number of hydrogen-bond acceptors (Lipinski definition) is 3. The van der Waals surface area contributed by atoms with Crippen LogP contribution in [-0.4, -0.2) is 31.5 Å². The highest BCUT2D eigenvalue weighted by molar-refractivity contribution is 5.79. The molecule has 2 N–H and O–H groups in total. The molecule has 3 rings (SSSR count). The number of amides is 2. The van der Waals surface area contributed by atoms with E-state index in [1.54, 1.807) is 0 Å². The van der Waals surface area contributed by atoms with Crippen LogP contribution in [0.3, 0.4) is 0 Å². The van der Waals surface area contributed by atoms with Gasteiger partial charge < -0.3 is 15.4 Å². The molecule has 0 spiro atoms. The van der Waals surface area contributed by atoms with Gasteiger partial charge in [-0.1, -0.05) is 67.8 Å². The molecule has 0 heterocycles. The maximum Gasteiger partial charge on any atom is 0.258 e. The molecule has 1 fully saturated rings. The summed E-state index contributed by atoms with van der Waals surface area (Å²) in [4.78, 5) is 24.2. The number of nitrogens with one attached hydrogen (secondary N) is 2.